The van der Waals surface area contributed by atoms with Crippen LogP contribution < -0.4 is 5.84 Å². The summed E-state index contributed by atoms with van der Waals surface area (Å²) in [6, 6.07) is 0. The largest absolute Gasteiger partial charge is 0.479 e. The van der Waals surface area contributed by atoms with Crippen LogP contribution in [0.2, 0.25) is 0 Å². The molecule has 0 atom stereocenters. The average molecular weight is 234 g/mol. The van der Waals surface area contributed by atoms with E-state index in [1.165, 1.54) is 7.11 Å². The average Bonchev–Trinajstić information content (AvgIpc) is 2.30. The molecule has 15 heavy (non-hydrogen) atoms. The van der Waals surface area contributed by atoms with Crippen molar-refractivity contribution in [2.24, 2.45) is 10.9 Å². The highest BCUT2D eigenvalue weighted by molar-refractivity contribution is 6.19. The van der Waals surface area contributed by atoms with Crippen molar-refractivity contribution >= 4 is 17.5 Å². The fraction of sp³-hybridized carbons (Fsp3) is 0.667. The third kappa shape index (κ3) is 3.28. The number of nitrogens with two attached hydrogens (primary N) is 1. The zero-order valence-electron chi connectivity index (χ0n) is 8.78. The van der Waals surface area contributed by atoms with Gasteiger partial charge in [-0.05, 0) is 6.08 Å². The zero-order chi connectivity index (χ0) is 11.1. The molecule has 0 aromatic heterocycles. The second-order valence-corrected chi connectivity index (χ2v) is 3.29. The molecular formula is C9H16ClN3O2. The predicted octanol–water partition coefficient (Wildman–Crippen LogP) is 0.360. The Balaban J connectivity index is 2.76. The molecule has 5 nitrogen and oxygen atoms in total. The summed E-state index contributed by atoms with van der Waals surface area (Å²) in [5, 5.41) is 3.59. The SMILES string of the molecule is COC(=NN)/C(=C\CCl)N1CCOCC1. The van der Waals surface area contributed by atoms with Crippen molar-refractivity contribution in [3.8, 4) is 0 Å². The second-order valence-electron chi connectivity index (χ2n) is 2.98. The van der Waals surface area contributed by atoms with Gasteiger partial charge in [-0.25, -0.2) is 0 Å². The van der Waals surface area contributed by atoms with E-state index in [0.29, 0.717) is 25.0 Å². The second kappa shape index (κ2) is 6.53. The number of hydrogen-bond donors (Lipinski definition) is 1. The van der Waals surface area contributed by atoms with Crippen LogP contribution in [0, 0.1) is 0 Å². The van der Waals surface area contributed by atoms with Crippen LogP contribution in [0.3, 0.4) is 0 Å². The van der Waals surface area contributed by atoms with E-state index in [9.17, 15) is 0 Å². The maximum absolute atomic E-state index is 5.69. The van der Waals surface area contributed by atoms with Gasteiger partial charge in [-0.1, -0.05) is 0 Å². The van der Waals surface area contributed by atoms with Gasteiger partial charge >= 0.3 is 0 Å². The van der Waals surface area contributed by atoms with E-state index < -0.39 is 0 Å². The summed E-state index contributed by atoms with van der Waals surface area (Å²) in [6.07, 6.45) is 1.84. The molecule has 0 radical (unpaired) electrons. The van der Waals surface area contributed by atoms with E-state index in [0.717, 1.165) is 18.8 Å². The number of morpholine rings is 1. The lowest BCUT2D eigenvalue weighted by atomic mass is 10.3. The predicted molar refractivity (Wildman–Crippen MR) is 59.8 cm³/mol. The van der Waals surface area contributed by atoms with Gasteiger partial charge in [0.2, 0.25) is 0 Å². The van der Waals surface area contributed by atoms with Crippen molar-refractivity contribution in [1.82, 2.24) is 4.90 Å². The minimum absolute atomic E-state index is 0.398. The van der Waals surface area contributed by atoms with Crippen LogP contribution in [0.5, 0.6) is 0 Å². The third-order valence-electron chi connectivity index (χ3n) is 2.15. The molecule has 6 heteroatoms. The van der Waals surface area contributed by atoms with Crippen LogP contribution in [0.25, 0.3) is 0 Å². The molecule has 0 aromatic carbocycles. The minimum atomic E-state index is 0.398. The van der Waals surface area contributed by atoms with Gasteiger partial charge in [0.15, 0.2) is 0 Å². The highest BCUT2D eigenvalue weighted by Gasteiger charge is 2.18. The Labute approximate surface area is 94.5 Å². The molecular weight excluding hydrogens is 218 g/mol. The van der Waals surface area contributed by atoms with Crippen LogP contribution in [0.4, 0.5) is 0 Å². The Hall–Kier alpha value is -0.940. The van der Waals surface area contributed by atoms with Crippen LogP contribution in [0.15, 0.2) is 16.9 Å². The Morgan fingerprint density at radius 1 is 1.60 bits per heavy atom. The molecule has 0 aliphatic carbocycles. The van der Waals surface area contributed by atoms with Crippen molar-refractivity contribution < 1.29 is 9.47 Å². The van der Waals surface area contributed by atoms with Gasteiger partial charge in [0.05, 0.1) is 26.0 Å². The first-order valence-corrected chi connectivity index (χ1v) is 5.28. The fourth-order valence-corrected chi connectivity index (χ4v) is 1.60. The van der Waals surface area contributed by atoms with Gasteiger partial charge in [-0.15, -0.1) is 16.7 Å². The number of methoxy groups -OCH3 is 1. The fourth-order valence-electron chi connectivity index (χ4n) is 1.45. The smallest absolute Gasteiger partial charge is 0.253 e. The molecule has 1 aliphatic rings. The van der Waals surface area contributed by atoms with E-state index in [1.807, 2.05) is 6.08 Å². The lowest BCUT2D eigenvalue weighted by Crippen LogP contribution is -2.38. The highest BCUT2D eigenvalue weighted by atomic mass is 35.5. The molecule has 1 heterocycles. The van der Waals surface area contributed by atoms with Crippen molar-refractivity contribution in [2.45, 2.75) is 0 Å². The lowest BCUT2D eigenvalue weighted by molar-refractivity contribution is 0.0552. The first-order valence-electron chi connectivity index (χ1n) is 4.74. The summed E-state index contributed by atoms with van der Waals surface area (Å²) in [5.74, 6) is 6.04. The number of halogens is 1. The number of hydrogen-bond acceptors (Lipinski definition) is 5. The number of ether oxygens (including phenoxy) is 2. The van der Waals surface area contributed by atoms with Crippen molar-refractivity contribution in [3.63, 3.8) is 0 Å². The summed E-state index contributed by atoms with van der Waals surface area (Å²) in [7, 11) is 1.54. The van der Waals surface area contributed by atoms with Crippen molar-refractivity contribution in [3.05, 3.63) is 11.8 Å². The molecule has 1 aliphatic heterocycles. The highest BCUT2D eigenvalue weighted by Crippen LogP contribution is 2.10. The van der Waals surface area contributed by atoms with Crippen molar-refractivity contribution in [1.29, 1.82) is 0 Å². The summed E-state index contributed by atoms with van der Waals surface area (Å²) in [6.45, 7) is 2.98. The van der Waals surface area contributed by atoms with Crippen LogP contribution >= 0.6 is 11.6 Å². The van der Waals surface area contributed by atoms with Gasteiger partial charge in [-0.2, -0.15) is 0 Å². The molecule has 0 aromatic rings. The number of hydrazone groups is 1. The van der Waals surface area contributed by atoms with Gasteiger partial charge in [-0.3, -0.25) is 0 Å². The molecule has 86 valence electrons. The van der Waals surface area contributed by atoms with E-state index in [1.54, 1.807) is 0 Å². The summed E-state index contributed by atoms with van der Waals surface area (Å²) in [4.78, 5) is 2.10. The summed E-state index contributed by atoms with van der Waals surface area (Å²) < 4.78 is 10.3. The van der Waals surface area contributed by atoms with E-state index in [2.05, 4.69) is 10.0 Å². The standard InChI is InChI=1S/C9H16ClN3O2/c1-14-9(12-11)8(2-3-10)13-4-6-15-7-5-13/h2H,3-7,11H2,1H3/b8-2+,12-9?. The first kappa shape index (κ1) is 12.1. The normalized spacial score (nSPS) is 19.2. The molecule has 0 saturated carbocycles. The first-order chi connectivity index (χ1) is 7.33. The monoisotopic (exact) mass is 233 g/mol. The number of rotatable bonds is 3. The van der Waals surface area contributed by atoms with E-state index in [-0.39, 0.29) is 0 Å². The van der Waals surface area contributed by atoms with Gasteiger partial charge < -0.3 is 20.2 Å². The van der Waals surface area contributed by atoms with Crippen LogP contribution in [-0.4, -0.2) is 50.1 Å². The van der Waals surface area contributed by atoms with Crippen LogP contribution in [-0.2, 0) is 9.47 Å². The molecule has 2 N–H and O–H groups in total. The number of alkyl halides is 1. The molecule has 0 unspecified atom stereocenters. The lowest BCUT2D eigenvalue weighted by Gasteiger charge is -2.30. The Morgan fingerprint density at radius 2 is 2.27 bits per heavy atom. The summed E-state index contributed by atoms with van der Waals surface area (Å²) in [5.41, 5.74) is 0.832. The minimum Gasteiger partial charge on any atom is -0.479 e. The van der Waals surface area contributed by atoms with E-state index >= 15 is 0 Å². The van der Waals surface area contributed by atoms with E-state index in [4.69, 9.17) is 26.9 Å². The number of allylic oxidation sites excluding steroid dienone is 1. The maximum Gasteiger partial charge on any atom is 0.253 e. The van der Waals surface area contributed by atoms with Gasteiger partial charge in [0.25, 0.3) is 5.90 Å². The molecule has 0 amide bonds. The van der Waals surface area contributed by atoms with Crippen LogP contribution in [0.1, 0.15) is 0 Å². The van der Waals surface area contributed by atoms with Gasteiger partial charge in [0, 0.05) is 19.0 Å². The molecule has 1 saturated heterocycles. The topological polar surface area (TPSA) is 60.1 Å². The molecule has 0 spiro atoms. The molecule has 0 bridgehead atoms. The Bertz CT molecular complexity index is 250. The Morgan fingerprint density at radius 3 is 2.73 bits per heavy atom. The number of nitrogens with zero attached hydrogens (tertiary/aromatic N) is 2. The third-order valence-corrected chi connectivity index (χ3v) is 2.31. The summed E-state index contributed by atoms with van der Waals surface area (Å²) >= 11 is 5.69. The molecule has 1 fully saturated rings. The maximum atomic E-state index is 5.69. The van der Waals surface area contributed by atoms with Gasteiger partial charge in [0.1, 0.15) is 0 Å². The van der Waals surface area contributed by atoms with Crippen molar-refractivity contribution in [2.75, 3.05) is 39.3 Å². The Kier molecular flexibility index (Phi) is 5.28. The molecule has 1 rings (SSSR count). The zero-order valence-corrected chi connectivity index (χ0v) is 9.54. The quantitative estimate of drug-likeness (QED) is 0.251.